The van der Waals surface area contributed by atoms with Gasteiger partial charge in [0, 0.05) is 31.2 Å². The van der Waals surface area contributed by atoms with Gasteiger partial charge in [0.15, 0.2) is 0 Å². The third-order valence-electron chi connectivity index (χ3n) is 6.01. The first-order valence-electron chi connectivity index (χ1n) is 13.5. The van der Waals surface area contributed by atoms with Crippen molar-refractivity contribution in [2.75, 3.05) is 6.54 Å². The molecule has 9 heteroatoms. The van der Waals surface area contributed by atoms with Gasteiger partial charge in [-0.05, 0) is 38.5 Å². The summed E-state index contributed by atoms with van der Waals surface area (Å²) in [4.78, 5) is 49.7. The highest BCUT2D eigenvalue weighted by atomic mass is 16.3. The summed E-state index contributed by atoms with van der Waals surface area (Å²) in [7, 11) is 0. The number of carbonyl (C=O) groups is 4. The Bertz CT molecular complexity index is 821. The van der Waals surface area contributed by atoms with E-state index >= 15 is 0 Å². The van der Waals surface area contributed by atoms with Gasteiger partial charge in [-0.25, -0.2) is 0 Å². The van der Waals surface area contributed by atoms with Crippen LogP contribution in [0.5, 0.6) is 0 Å². The zero-order valence-corrected chi connectivity index (χ0v) is 22.8. The molecule has 0 bridgehead atoms. The minimum Gasteiger partial charge on any atom is -0.393 e. The molecule has 9 nitrogen and oxygen atoms in total. The van der Waals surface area contributed by atoms with E-state index in [0.717, 1.165) is 18.8 Å². The van der Waals surface area contributed by atoms with Gasteiger partial charge in [0.1, 0.15) is 12.1 Å². The fraction of sp³-hybridized carbons (Fsp3) is 0.643. The van der Waals surface area contributed by atoms with E-state index in [1.54, 1.807) is 26.0 Å². The number of hydrogen-bond donors (Lipinski definition) is 5. The van der Waals surface area contributed by atoms with Gasteiger partial charge < -0.3 is 26.4 Å². The van der Waals surface area contributed by atoms with Crippen molar-refractivity contribution in [2.45, 2.75) is 103 Å². The van der Waals surface area contributed by atoms with E-state index in [-0.39, 0.29) is 25.3 Å². The predicted octanol–water partition coefficient (Wildman–Crippen LogP) is 2.42. The van der Waals surface area contributed by atoms with Gasteiger partial charge in [-0.1, -0.05) is 64.3 Å². The second kappa shape index (κ2) is 18.3. The van der Waals surface area contributed by atoms with E-state index in [1.807, 2.05) is 12.2 Å². The second-order valence-electron chi connectivity index (χ2n) is 9.98. The Morgan fingerprint density at radius 3 is 2.65 bits per heavy atom. The maximum atomic E-state index is 12.9. The van der Waals surface area contributed by atoms with E-state index in [4.69, 9.17) is 0 Å². The third kappa shape index (κ3) is 15.0. The standard InChI is InChI=1S/C28H46N4O5/c1-5-23(31-26(35)14-12-10-8-6-7-9-11-13-20(2)3)27(36)32-24-19-22(33)17-18-29-25(34)16-15-21(4)30-28(24)37/h8,10,12,14-16,20-24,33H,5-7,9,11,13,17-19H2,1-4H3,(H,29,34)(H,30,37)(H,31,35)(H,32,36)/b10-8+,14-12+,16-15+/t21-,22?,23?,24?/m0/s1. The lowest BCUT2D eigenvalue weighted by molar-refractivity contribution is -0.132. The molecule has 1 aliphatic rings. The molecule has 5 N–H and O–H groups in total. The molecule has 0 aromatic rings. The molecule has 4 atom stereocenters. The van der Waals surface area contributed by atoms with E-state index in [0.29, 0.717) is 6.42 Å². The fourth-order valence-electron chi connectivity index (χ4n) is 3.80. The zero-order valence-electron chi connectivity index (χ0n) is 22.8. The van der Waals surface area contributed by atoms with Gasteiger partial charge in [0.25, 0.3) is 0 Å². The molecule has 1 heterocycles. The molecule has 0 saturated heterocycles. The van der Waals surface area contributed by atoms with Crippen molar-refractivity contribution in [3.8, 4) is 0 Å². The van der Waals surface area contributed by atoms with Crippen LogP contribution in [0.15, 0.2) is 36.5 Å². The van der Waals surface area contributed by atoms with Crippen molar-refractivity contribution in [1.82, 2.24) is 21.3 Å². The number of aliphatic hydroxyl groups excluding tert-OH is 1. The molecule has 3 unspecified atom stereocenters. The number of allylic oxidation sites excluding steroid dienone is 3. The zero-order chi connectivity index (χ0) is 27.6. The quantitative estimate of drug-likeness (QED) is 0.154. The van der Waals surface area contributed by atoms with Crippen LogP contribution in [-0.4, -0.2) is 59.5 Å². The van der Waals surface area contributed by atoms with Crippen molar-refractivity contribution in [1.29, 1.82) is 0 Å². The van der Waals surface area contributed by atoms with Crippen molar-refractivity contribution in [2.24, 2.45) is 5.92 Å². The van der Waals surface area contributed by atoms with Crippen molar-refractivity contribution < 1.29 is 24.3 Å². The molecule has 0 spiro atoms. The number of amides is 4. The van der Waals surface area contributed by atoms with E-state index in [1.165, 1.54) is 31.4 Å². The van der Waals surface area contributed by atoms with Crippen LogP contribution < -0.4 is 21.3 Å². The number of rotatable bonds is 12. The molecule has 0 aromatic heterocycles. The number of carbonyl (C=O) groups excluding carboxylic acids is 4. The molecule has 1 aliphatic heterocycles. The van der Waals surface area contributed by atoms with Crippen molar-refractivity contribution in [3.05, 3.63) is 36.5 Å². The molecule has 37 heavy (non-hydrogen) atoms. The number of aliphatic hydroxyl groups is 1. The Hall–Kier alpha value is -2.94. The summed E-state index contributed by atoms with van der Waals surface area (Å²) < 4.78 is 0. The summed E-state index contributed by atoms with van der Waals surface area (Å²) in [5.74, 6) is -0.942. The topological polar surface area (TPSA) is 137 Å². The first kappa shape index (κ1) is 32.1. The van der Waals surface area contributed by atoms with Gasteiger partial charge in [-0.3, -0.25) is 19.2 Å². The molecule has 0 fully saturated rings. The molecular weight excluding hydrogens is 472 g/mol. The molecule has 4 amide bonds. The monoisotopic (exact) mass is 518 g/mol. The number of unbranched alkanes of at least 4 members (excludes halogenated alkanes) is 3. The molecule has 0 radical (unpaired) electrons. The Morgan fingerprint density at radius 1 is 1.19 bits per heavy atom. The highest BCUT2D eigenvalue weighted by Gasteiger charge is 2.28. The van der Waals surface area contributed by atoms with Crippen LogP contribution in [0.2, 0.25) is 0 Å². The summed E-state index contributed by atoms with van der Waals surface area (Å²) in [6.45, 7) is 8.17. The van der Waals surface area contributed by atoms with Gasteiger partial charge in [0.2, 0.25) is 23.6 Å². The first-order valence-corrected chi connectivity index (χ1v) is 13.5. The molecule has 0 saturated carbocycles. The first-order chi connectivity index (χ1) is 17.6. The van der Waals surface area contributed by atoms with E-state index in [9.17, 15) is 24.3 Å². The third-order valence-corrected chi connectivity index (χ3v) is 6.01. The summed E-state index contributed by atoms with van der Waals surface area (Å²) in [6, 6.07) is -2.27. The summed E-state index contributed by atoms with van der Waals surface area (Å²) in [5.41, 5.74) is 0. The average molecular weight is 519 g/mol. The molecule has 0 aliphatic carbocycles. The van der Waals surface area contributed by atoms with Crippen LogP contribution in [0, 0.1) is 5.92 Å². The van der Waals surface area contributed by atoms with Gasteiger partial charge >= 0.3 is 0 Å². The van der Waals surface area contributed by atoms with E-state index < -0.39 is 42.0 Å². The molecule has 0 aromatic carbocycles. The van der Waals surface area contributed by atoms with Crippen molar-refractivity contribution in [3.63, 3.8) is 0 Å². The van der Waals surface area contributed by atoms with Gasteiger partial charge in [-0.15, -0.1) is 0 Å². The molecule has 1 rings (SSSR count). The summed E-state index contributed by atoms with van der Waals surface area (Å²) in [5, 5.41) is 21.0. The Balaban J connectivity index is 2.62. The minimum atomic E-state index is -0.988. The van der Waals surface area contributed by atoms with Gasteiger partial charge in [-0.2, -0.15) is 0 Å². The average Bonchev–Trinajstić information content (AvgIpc) is 2.83. The van der Waals surface area contributed by atoms with Crippen LogP contribution in [0.3, 0.4) is 0 Å². The minimum absolute atomic E-state index is 0.0174. The fourth-order valence-corrected chi connectivity index (χ4v) is 3.80. The second-order valence-corrected chi connectivity index (χ2v) is 9.98. The normalized spacial score (nSPS) is 23.1. The smallest absolute Gasteiger partial charge is 0.244 e. The Morgan fingerprint density at radius 2 is 1.95 bits per heavy atom. The predicted molar refractivity (Wildman–Crippen MR) is 145 cm³/mol. The Labute approximate surface area is 221 Å². The van der Waals surface area contributed by atoms with Crippen LogP contribution >= 0.6 is 0 Å². The highest BCUT2D eigenvalue weighted by molar-refractivity contribution is 5.95. The van der Waals surface area contributed by atoms with Crippen LogP contribution in [0.1, 0.15) is 79.1 Å². The van der Waals surface area contributed by atoms with Crippen LogP contribution in [0.4, 0.5) is 0 Å². The molecular formula is C28H46N4O5. The SMILES string of the molecule is CCC(NC(=O)/C=C/C=C/CCCCCC(C)C)C(=O)NC1CC(O)CCNC(=O)/C=C/[C@H](C)NC1=O. The molecule has 208 valence electrons. The van der Waals surface area contributed by atoms with Crippen molar-refractivity contribution >= 4 is 23.6 Å². The van der Waals surface area contributed by atoms with Gasteiger partial charge in [0.05, 0.1) is 6.10 Å². The van der Waals surface area contributed by atoms with Crippen LogP contribution in [0.25, 0.3) is 0 Å². The lowest BCUT2D eigenvalue weighted by Gasteiger charge is -2.25. The largest absolute Gasteiger partial charge is 0.393 e. The maximum Gasteiger partial charge on any atom is 0.244 e. The summed E-state index contributed by atoms with van der Waals surface area (Å²) >= 11 is 0. The lowest BCUT2D eigenvalue weighted by atomic mass is 10.0. The number of hydrogen-bond acceptors (Lipinski definition) is 5. The van der Waals surface area contributed by atoms with E-state index in [2.05, 4.69) is 35.1 Å². The van der Waals surface area contributed by atoms with Crippen LogP contribution in [-0.2, 0) is 19.2 Å². The Kier molecular flexibility index (Phi) is 15.9. The summed E-state index contributed by atoms with van der Waals surface area (Å²) in [6.07, 6.45) is 15.2. The maximum absolute atomic E-state index is 12.9. The number of nitrogens with one attached hydrogen (secondary N) is 4. The highest BCUT2D eigenvalue weighted by Crippen LogP contribution is 2.10. The lowest BCUT2D eigenvalue weighted by Crippen LogP contribution is -2.55.